The van der Waals surface area contributed by atoms with Crippen LogP contribution in [0.5, 0.6) is 0 Å². The van der Waals surface area contributed by atoms with Crippen LogP contribution in [0.4, 0.5) is 0 Å². The van der Waals surface area contributed by atoms with Crippen LogP contribution in [0.2, 0.25) is 0 Å². The number of hydrogen-bond acceptors (Lipinski definition) is 5. The molecule has 2 aliphatic rings. The zero-order chi connectivity index (χ0) is 11.4. The van der Waals surface area contributed by atoms with Gasteiger partial charge in [0.1, 0.15) is 0 Å². The van der Waals surface area contributed by atoms with Crippen LogP contribution in [-0.2, 0) is 9.47 Å². The summed E-state index contributed by atoms with van der Waals surface area (Å²) in [6, 6.07) is 0. The van der Waals surface area contributed by atoms with E-state index in [1.165, 1.54) is 0 Å². The molecule has 0 aromatic rings. The number of thioether (sulfide) groups is 1. The van der Waals surface area contributed by atoms with Gasteiger partial charge in [-0.2, -0.15) is 0 Å². The van der Waals surface area contributed by atoms with Crippen LogP contribution in [0, 0.1) is 5.92 Å². The molecule has 1 fully saturated rings. The minimum Gasteiger partial charge on any atom is -0.376 e. The van der Waals surface area contributed by atoms with Gasteiger partial charge in [-0.1, -0.05) is 25.6 Å². The quantitative estimate of drug-likeness (QED) is 0.808. The predicted molar refractivity (Wildman–Crippen MR) is 67.1 cm³/mol. The molecule has 2 unspecified atom stereocenters. The van der Waals surface area contributed by atoms with Gasteiger partial charge in [0.15, 0.2) is 5.17 Å². The highest BCUT2D eigenvalue weighted by molar-refractivity contribution is 8.14. The molecule has 0 aromatic carbocycles. The van der Waals surface area contributed by atoms with E-state index in [1.54, 1.807) is 0 Å². The Morgan fingerprint density at radius 3 is 3.00 bits per heavy atom. The number of hydrogen-bond donors (Lipinski definition) is 1. The summed E-state index contributed by atoms with van der Waals surface area (Å²) in [5, 5.41) is 5.04. The molecule has 0 aliphatic carbocycles. The first-order chi connectivity index (χ1) is 7.75. The summed E-state index contributed by atoms with van der Waals surface area (Å²) in [5.74, 6) is 0.683. The Hall–Kier alpha value is -0.260. The fourth-order valence-electron chi connectivity index (χ4n) is 1.69. The molecule has 0 aromatic heterocycles. The van der Waals surface area contributed by atoms with Crippen molar-refractivity contribution in [3.8, 4) is 0 Å². The largest absolute Gasteiger partial charge is 0.376 e. The summed E-state index contributed by atoms with van der Waals surface area (Å²) < 4.78 is 10.9. The Kier molecular flexibility index (Phi) is 4.49. The van der Waals surface area contributed by atoms with E-state index in [0.717, 1.165) is 24.9 Å². The maximum atomic E-state index is 5.56. The normalized spacial score (nSPS) is 30.6. The Labute approximate surface area is 101 Å². The van der Waals surface area contributed by atoms with E-state index < -0.39 is 0 Å². The van der Waals surface area contributed by atoms with Gasteiger partial charge in [0.05, 0.1) is 32.5 Å². The van der Waals surface area contributed by atoms with Crippen LogP contribution in [0.1, 0.15) is 13.8 Å². The van der Waals surface area contributed by atoms with E-state index in [1.807, 2.05) is 11.8 Å². The second-order valence-electron chi connectivity index (χ2n) is 4.49. The molecule has 5 heteroatoms. The van der Waals surface area contributed by atoms with Gasteiger partial charge in [-0.15, -0.1) is 0 Å². The van der Waals surface area contributed by atoms with Crippen molar-refractivity contribution < 1.29 is 9.47 Å². The van der Waals surface area contributed by atoms with Gasteiger partial charge in [-0.3, -0.25) is 4.99 Å². The zero-order valence-corrected chi connectivity index (χ0v) is 10.8. The van der Waals surface area contributed by atoms with Gasteiger partial charge in [0.25, 0.3) is 0 Å². The molecule has 2 aliphatic heterocycles. The topological polar surface area (TPSA) is 42.9 Å². The molecule has 4 nitrogen and oxygen atoms in total. The Balaban J connectivity index is 1.67. The third-order valence-electron chi connectivity index (χ3n) is 2.79. The lowest BCUT2D eigenvalue weighted by Gasteiger charge is -2.23. The average Bonchev–Trinajstić information content (AvgIpc) is 2.76. The maximum absolute atomic E-state index is 5.56. The van der Waals surface area contributed by atoms with Gasteiger partial charge in [0, 0.05) is 11.8 Å². The van der Waals surface area contributed by atoms with Crippen LogP contribution >= 0.6 is 11.8 Å². The molecule has 92 valence electrons. The predicted octanol–water partition coefficient (Wildman–Crippen LogP) is 1.12. The summed E-state index contributed by atoms with van der Waals surface area (Å²) in [7, 11) is 0. The lowest BCUT2D eigenvalue weighted by molar-refractivity contribution is -0.0849. The van der Waals surface area contributed by atoms with Crippen LogP contribution < -0.4 is 5.32 Å². The van der Waals surface area contributed by atoms with Crippen molar-refractivity contribution in [2.24, 2.45) is 10.9 Å². The average molecular weight is 244 g/mol. The molecule has 0 spiro atoms. The minimum atomic E-state index is 0.176. The van der Waals surface area contributed by atoms with Crippen molar-refractivity contribution >= 4 is 16.9 Å². The highest BCUT2D eigenvalue weighted by atomic mass is 32.2. The zero-order valence-electron chi connectivity index (χ0n) is 9.94. The van der Waals surface area contributed by atoms with Gasteiger partial charge < -0.3 is 14.8 Å². The van der Waals surface area contributed by atoms with E-state index in [0.29, 0.717) is 24.4 Å². The summed E-state index contributed by atoms with van der Waals surface area (Å²) in [5.41, 5.74) is 0. The number of nitrogens with one attached hydrogen (secondary N) is 1. The number of ether oxygens (including phenoxy) is 2. The second-order valence-corrected chi connectivity index (χ2v) is 5.72. The van der Waals surface area contributed by atoms with Crippen molar-refractivity contribution in [2.75, 3.05) is 32.9 Å². The van der Waals surface area contributed by atoms with E-state index in [-0.39, 0.29) is 6.10 Å². The molecular formula is C11H20N2O2S. The number of nitrogens with zero attached hydrogens (tertiary/aromatic N) is 1. The molecule has 1 N–H and O–H groups in total. The first-order valence-electron chi connectivity index (χ1n) is 5.90. The monoisotopic (exact) mass is 244 g/mol. The SMILES string of the molecule is CC(C)C1CN=C(NCC2COCCO2)S1. The molecule has 1 saturated heterocycles. The summed E-state index contributed by atoms with van der Waals surface area (Å²) >= 11 is 1.85. The van der Waals surface area contributed by atoms with Crippen LogP contribution in [-0.4, -0.2) is 49.4 Å². The third kappa shape index (κ3) is 3.37. The number of amidine groups is 1. The van der Waals surface area contributed by atoms with E-state index >= 15 is 0 Å². The van der Waals surface area contributed by atoms with Crippen LogP contribution in [0.25, 0.3) is 0 Å². The van der Waals surface area contributed by atoms with Gasteiger partial charge in [-0.05, 0) is 5.92 Å². The first-order valence-corrected chi connectivity index (χ1v) is 6.78. The van der Waals surface area contributed by atoms with Crippen molar-refractivity contribution in [2.45, 2.75) is 25.2 Å². The summed E-state index contributed by atoms with van der Waals surface area (Å²) in [4.78, 5) is 4.49. The van der Waals surface area contributed by atoms with E-state index in [2.05, 4.69) is 24.2 Å². The fourth-order valence-corrected chi connectivity index (χ4v) is 2.71. The molecule has 0 bridgehead atoms. The summed E-state index contributed by atoms with van der Waals surface area (Å²) in [6.45, 7) is 8.35. The van der Waals surface area contributed by atoms with Gasteiger partial charge in [-0.25, -0.2) is 0 Å². The third-order valence-corrected chi connectivity index (χ3v) is 4.28. The molecule has 0 amide bonds. The van der Waals surface area contributed by atoms with E-state index in [9.17, 15) is 0 Å². The van der Waals surface area contributed by atoms with Gasteiger partial charge in [0.2, 0.25) is 0 Å². The molecular weight excluding hydrogens is 224 g/mol. The molecule has 2 heterocycles. The Bertz CT molecular complexity index is 252. The lowest BCUT2D eigenvalue weighted by Crippen LogP contribution is -2.38. The van der Waals surface area contributed by atoms with Crippen molar-refractivity contribution in [3.63, 3.8) is 0 Å². The van der Waals surface area contributed by atoms with Crippen molar-refractivity contribution in [1.82, 2.24) is 5.32 Å². The second kappa shape index (κ2) is 5.89. The molecule has 0 radical (unpaired) electrons. The molecule has 2 rings (SSSR count). The maximum Gasteiger partial charge on any atom is 0.157 e. The molecule has 16 heavy (non-hydrogen) atoms. The molecule has 2 atom stereocenters. The first kappa shape index (κ1) is 12.2. The molecule has 0 saturated carbocycles. The highest BCUT2D eigenvalue weighted by Crippen LogP contribution is 2.25. The van der Waals surface area contributed by atoms with Crippen molar-refractivity contribution in [3.05, 3.63) is 0 Å². The Morgan fingerprint density at radius 2 is 2.38 bits per heavy atom. The fraction of sp³-hybridized carbons (Fsp3) is 0.909. The number of aliphatic imine (C=N–C) groups is 1. The number of rotatable bonds is 3. The van der Waals surface area contributed by atoms with Crippen molar-refractivity contribution in [1.29, 1.82) is 0 Å². The van der Waals surface area contributed by atoms with Gasteiger partial charge >= 0.3 is 0 Å². The lowest BCUT2D eigenvalue weighted by atomic mass is 10.1. The van der Waals surface area contributed by atoms with Crippen LogP contribution in [0.3, 0.4) is 0 Å². The smallest absolute Gasteiger partial charge is 0.157 e. The Morgan fingerprint density at radius 1 is 1.50 bits per heavy atom. The summed E-state index contributed by atoms with van der Waals surface area (Å²) in [6.07, 6.45) is 0.176. The minimum absolute atomic E-state index is 0.176. The van der Waals surface area contributed by atoms with E-state index in [4.69, 9.17) is 9.47 Å². The standard InChI is InChI=1S/C11H20N2O2S/c1-8(2)10-6-13-11(16-10)12-5-9-7-14-3-4-15-9/h8-10H,3-7H2,1-2H3,(H,12,13). The highest BCUT2D eigenvalue weighted by Gasteiger charge is 2.23. The van der Waals surface area contributed by atoms with Crippen LogP contribution in [0.15, 0.2) is 4.99 Å².